The summed E-state index contributed by atoms with van der Waals surface area (Å²) in [4.78, 5) is 34.9. The molecule has 0 saturated heterocycles. The number of ether oxygens (including phenoxy) is 2. The number of hydrogen-bond acceptors (Lipinski definition) is 5. The van der Waals surface area contributed by atoms with Gasteiger partial charge < -0.3 is 9.47 Å². The molecule has 0 atom stereocenters. The van der Waals surface area contributed by atoms with Gasteiger partial charge in [0.15, 0.2) is 0 Å². The Balaban J connectivity index is 1.84. The van der Waals surface area contributed by atoms with E-state index in [-0.39, 0.29) is 17.7 Å². The first-order valence-corrected chi connectivity index (χ1v) is 7.05. The highest BCUT2D eigenvalue weighted by Crippen LogP contribution is 2.06. The van der Waals surface area contributed by atoms with E-state index in [2.05, 4.69) is 15.6 Å². The Morgan fingerprint density at radius 3 is 2.33 bits per heavy atom. The zero-order valence-electron chi connectivity index (χ0n) is 12.9. The average molecular weight is 328 g/mol. The largest absolute Gasteiger partial charge is 0.465 e. The Hall–Kier alpha value is -3.35. The molecule has 0 unspecified atom stereocenters. The number of amides is 2. The van der Waals surface area contributed by atoms with Crippen molar-refractivity contribution in [1.82, 2.24) is 10.9 Å². The van der Waals surface area contributed by atoms with E-state index >= 15 is 0 Å². The number of benzene rings is 2. The minimum atomic E-state index is -0.795. The Morgan fingerprint density at radius 2 is 1.62 bits per heavy atom. The van der Waals surface area contributed by atoms with Crippen LogP contribution < -0.4 is 10.9 Å². The molecule has 124 valence electrons. The number of carbonyl (C=O) groups excluding carboxylic acids is 3. The van der Waals surface area contributed by atoms with Gasteiger partial charge in [0.2, 0.25) is 0 Å². The summed E-state index contributed by atoms with van der Waals surface area (Å²) in [5.41, 5.74) is 5.59. The molecule has 7 nitrogen and oxygen atoms in total. The fourth-order valence-electron chi connectivity index (χ4n) is 1.84. The normalized spacial score (nSPS) is 9.71. The third-order valence-electron chi connectivity index (χ3n) is 3.04. The first kappa shape index (κ1) is 17.0. The fourth-order valence-corrected chi connectivity index (χ4v) is 1.84. The van der Waals surface area contributed by atoms with Gasteiger partial charge in [-0.15, -0.1) is 0 Å². The Morgan fingerprint density at radius 1 is 0.917 bits per heavy atom. The highest BCUT2D eigenvalue weighted by Gasteiger charge is 2.11. The highest BCUT2D eigenvalue weighted by molar-refractivity contribution is 5.98. The zero-order chi connectivity index (χ0) is 17.4. The molecule has 2 N–H and O–H groups in total. The summed E-state index contributed by atoms with van der Waals surface area (Å²) in [6.07, 6.45) is -0.795. The smallest absolute Gasteiger partial charge is 0.426 e. The van der Waals surface area contributed by atoms with Gasteiger partial charge in [0, 0.05) is 5.56 Å². The van der Waals surface area contributed by atoms with Crippen molar-refractivity contribution in [2.24, 2.45) is 0 Å². The fraction of sp³-hybridized carbons (Fsp3) is 0.118. The number of methoxy groups -OCH3 is 1. The van der Waals surface area contributed by atoms with Crippen molar-refractivity contribution in [3.8, 4) is 0 Å². The predicted molar refractivity (Wildman–Crippen MR) is 85.0 cm³/mol. The molecule has 0 heterocycles. The maximum atomic E-state index is 12.0. The van der Waals surface area contributed by atoms with Crippen molar-refractivity contribution in [2.45, 2.75) is 6.61 Å². The lowest BCUT2D eigenvalue weighted by atomic mass is 10.1. The van der Waals surface area contributed by atoms with Crippen LogP contribution >= 0.6 is 0 Å². The van der Waals surface area contributed by atoms with Gasteiger partial charge in [-0.25, -0.2) is 15.0 Å². The van der Waals surface area contributed by atoms with E-state index in [1.165, 1.54) is 31.4 Å². The highest BCUT2D eigenvalue weighted by atomic mass is 16.6. The average Bonchev–Trinajstić information content (AvgIpc) is 2.64. The van der Waals surface area contributed by atoms with E-state index in [9.17, 15) is 14.4 Å². The number of nitrogens with one attached hydrogen (secondary N) is 2. The van der Waals surface area contributed by atoms with Gasteiger partial charge in [0.25, 0.3) is 5.91 Å². The van der Waals surface area contributed by atoms with E-state index in [1.807, 2.05) is 30.3 Å². The minimum Gasteiger partial charge on any atom is -0.465 e. The maximum absolute atomic E-state index is 12.0. The lowest BCUT2D eigenvalue weighted by molar-refractivity contribution is 0.0600. The number of esters is 1. The molecule has 0 aliphatic carbocycles. The third kappa shape index (κ3) is 4.84. The van der Waals surface area contributed by atoms with Gasteiger partial charge in [-0.05, 0) is 23.8 Å². The molecule has 0 aromatic heterocycles. The molecule has 2 aromatic carbocycles. The van der Waals surface area contributed by atoms with Crippen LogP contribution in [0.2, 0.25) is 0 Å². The summed E-state index contributed by atoms with van der Waals surface area (Å²) in [6.45, 7) is 0.0837. The summed E-state index contributed by atoms with van der Waals surface area (Å²) < 4.78 is 9.54. The molecular formula is C17H16N2O5. The predicted octanol–water partition coefficient (Wildman–Crippen LogP) is 2.04. The molecule has 2 aromatic rings. The second kappa shape index (κ2) is 8.33. The van der Waals surface area contributed by atoms with Gasteiger partial charge in [-0.2, -0.15) is 0 Å². The van der Waals surface area contributed by atoms with Crippen LogP contribution in [0.1, 0.15) is 26.3 Å². The molecule has 0 fully saturated rings. The summed E-state index contributed by atoms with van der Waals surface area (Å²) in [6, 6.07) is 15.0. The Kier molecular flexibility index (Phi) is 5.90. The van der Waals surface area contributed by atoms with Crippen molar-refractivity contribution >= 4 is 18.0 Å². The van der Waals surface area contributed by atoms with Gasteiger partial charge in [0.1, 0.15) is 6.61 Å². The van der Waals surface area contributed by atoms with Crippen LogP contribution in [0.15, 0.2) is 54.6 Å². The standard InChI is InChI=1S/C17H16N2O5/c1-23-16(21)14-9-5-8-13(10-14)15(20)18-19-17(22)24-11-12-6-3-2-4-7-12/h2-10H,11H2,1H3,(H,18,20)(H,19,22). The third-order valence-corrected chi connectivity index (χ3v) is 3.04. The number of carbonyl (C=O) groups is 3. The SMILES string of the molecule is COC(=O)c1cccc(C(=O)NNC(=O)OCc2ccccc2)c1. The maximum Gasteiger partial charge on any atom is 0.426 e. The molecule has 0 saturated carbocycles. The topological polar surface area (TPSA) is 93.7 Å². The first-order chi connectivity index (χ1) is 11.6. The zero-order valence-corrected chi connectivity index (χ0v) is 12.9. The minimum absolute atomic E-state index is 0.0837. The second-order valence-electron chi connectivity index (χ2n) is 4.71. The van der Waals surface area contributed by atoms with Crippen molar-refractivity contribution < 1.29 is 23.9 Å². The molecule has 0 bridgehead atoms. The van der Waals surface area contributed by atoms with E-state index in [0.717, 1.165) is 5.56 Å². The van der Waals surface area contributed by atoms with Crippen molar-refractivity contribution in [2.75, 3.05) is 7.11 Å². The van der Waals surface area contributed by atoms with E-state index in [4.69, 9.17) is 4.74 Å². The van der Waals surface area contributed by atoms with Crippen molar-refractivity contribution in [3.05, 3.63) is 71.3 Å². The van der Waals surface area contributed by atoms with Gasteiger partial charge in [-0.1, -0.05) is 36.4 Å². The lowest BCUT2D eigenvalue weighted by Gasteiger charge is -2.09. The van der Waals surface area contributed by atoms with E-state index in [0.29, 0.717) is 0 Å². The Labute approximate surface area is 138 Å². The van der Waals surface area contributed by atoms with Crippen LogP contribution in [0.3, 0.4) is 0 Å². The van der Waals surface area contributed by atoms with Gasteiger partial charge >= 0.3 is 12.1 Å². The van der Waals surface area contributed by atoms with Crippen molar-refractivity contribution in [3.63, 3.8) is 0 Å². The molecule has 0 aliphatic rings. The quantitative estimate of drug-likeness (QED) is 0.662. The lowest BCUT2D eigenvalue weighted by Crippen LogP contribution is -2.41. The first-order valence-electron chi connectivity index (χ1n) is 7.05. The molecule has 24 heavy (non-hydrogen) atoms. The molecule has 2 rings (SSSR count). The van der Waals surface area contributed by atoms with Gasteiger partial charge in [-0.3, -0.25) is 10.2 Å². The van der Waals surface area contributed by atoms with Gasteiger partial charge in [0.05, 0.1) is 12.7 Å². The number of hydrogen-bond donors (Lipinski definition) is 2. The van der Waals surface area contributed by atoms with Crippen LogP contribution in [0.25, 0.3) is 0 Å². The molecule has 0 aliphatic heterocycles. The summed E-state index contributed by atoms with van der Waals surface area (Å²) in [7, 11) is 1.25. The monoisotopic (exact) mass is 328 g/mol. The van der Waals surface area contributed by atoms with Crippen LogP contribution in [-0.4, -0.2) is 25.1 Å². The van der Waals surface area contributed by atoms with Crippen LogP contribution in [0.4, 0.5) is 4.79 Å². The Bertz CT molecular complexity index is 731. The molecule has 2 amide bonds. The number of hydrazine groups is 1. The molecule has 0 radical (unpaired) electrons. The summed E-state index contributed by atoms with van der Waals surface area (Å²) in [5, 5.41) is 0. The summed E-state index contributed by atoms with van der Waals surface area (Å²) >= 11 is 0. The van der Waals surface area contributed by atoms with Crippen molar-refractivity contribution in [1.29, 1.82) is 0 Å². The van der Waals surface area contributed by atoms with E-state index < -0.39 is 18.0 Å². The van der Waals surface area contributed by atoms with Crippen LogP contribution in [0.5, 0.6) is 0 Å². The van der Waals surface area contributed by atoms with Crippen LogP contribution in [-0.2, 0) is 16.1 Å². The molecule has 0 spiro atoms. The number of rotatable bonds is 4. The molecule has 7 heteroatoms. The van der Waals surface area contributed by atoms with E-state index in [1.54, 1.807) is 0 Å². The summed E-state index contributed by atoms with van der Waals surface area (Å²) in [5.74, 6) is -1.14. The van der Waals surface area contributed by atoms with Crippen LogP contribution in [0, 0.1) is 0 Å². The second-order valence-corrected chi connectivity index (χ2v) is 4.71. The molecular weight excluding hydrogens is 312 g/mol.